The van der Waals surface area contributed by atoms with E-state index in [-0.39, 0.29) is 11.7 Å². The fraction of sp³-hybridized carbons (Fsp3) is 0.562. The van der Waals surface area contributed by atoms with E-state index in [1.54, 1.807) is 6.33 Å². The molecule has 3 rings (SSSR count). The smallest absolute Gasteiger partial charge is 0.167 e. The Bertz CT molecular complexity index is 767. The summed E-state index contributed by atoms with van der Waals surface area (Å²) in [5.74, 6) is 0.379. The quantitative estimate of drug-likeness (QED) is 0.674. The number of rotatable bonds is 4. The highest BCUT2D eigenvalue weighted by molar-refractivity contribution is 6.58. The Kier molecular flexibility index (Phi) is 4.23. The highest BCUT2D eigenvalue weighted by atomic mass is 28.3. The van der Waals surface area contributed by atoms with Crippen LogP contribution in [0.1, 0.15) is 20.8 Å². The van der Waals surface area contributed by atoms with Gasteiger partial charge in [-0.3, -0.25) is 4.57 Å². The zero-order valence-electron chi connectivity index (χ0n) is 14.8. The molecule has 1 aliphatic heterocycles. The van der Waals surface area contributed by atoms with Gasteiger partial charge in [-0.1, -0.05) is 19.2 Å². The number of anilines is 1. The zero-order valence-corrected chi connectivity index (χ0v) is 15.8. The Morgan fingerprint density at radius 1 is 1.33 bits per heavy atom. The third-order valence-corrected chi connectivity index (χ3v) is 5.94. The van der Waals surface area contributed by atoms with Crippen LogP contribution in [-0.2, 0) is 14.8 Å². The van der Waals surface area contributed by atoms with Crippen molar-refractivity contribution >= 4 is 25.8 Å². The van der Waals surface area contributed by atoms with E-state index >= 15 is 0 Å². The summed E-state index contributed by atoms with van der Waals surface area (Å²) in [5, 5.41) is -0.563. The third kappa shape index (κ3) is 2.96. The Balaban J connectivity index is 1.93. The molecule has 2 aromatic rings. The topological polar surface area (TPSA) is 88.1 Å². The standard InChI is InChI=1S/C16H24N5O2Si/c1-15(2,3)22-8-11-6-7-16(23-11,24(4)5)21-10-20-12-13(17)18-9-19-14(12)21/h6-7,9-11H,8H2,1-5H3,(H2,17,18,19)/t11-,16-/m0/s1. The molecule has 0 bridgehead atoms. The van der Waals surface area contributed by atoms with E-state index in [4.69, 9.17) is 15.2 Å². The van der Waals surface area contributed by atoms with Crippen LogP contribution in [0.25, 0.3) is 11.2 Å². The molecule has 0 saturated carbocycles. The van der Waals surface area contributed by atoms with Crippen LogP contribution < -0.4 is 5.73 Å². The molecule has 3 heterocycles. The van der Waals surface area contributed by atoms with E-state index in [9.17, 15) is 0 Å². The van der Waals surface area contributed by atoms with Crippen LogP contribution in [0.2, 0.25) is 13.1 Å². The van der Waals surface area contributed by atoms with Crippen molar-refractivity contribution in [3.8, 4) is 0 Å². The third-order valence-electron chi connectivity index (χ3n) is 3.98. The maximum absolute atomic E-state index is 6.43. The van der Waals surface area contributed by atoms with Crippen LogP contribution in [0.4, 0.5) is 5.82 Å². The molecule has 2 atom stereocenters. The number of nitrogens with two attached hydrogens (primary N) is 1. The first-order valence-corrected chi connectivity index (χ1v) is 10.5. The monoisotopic (exact) mass is 346 g/mol. The fourth-order valence-electron chi connectivity index (χ4n) is 2.73. The Morgan fingerprint density at radius 2 is 2.08 bits per heavy atom. The predicted molar refractivity (Wildman–Crippen MR) is 94.9 cm³/mol. The minimum atomic E-state index is -0.925. The van der Waals surface area contributed by atoms with Gasteiger partial charge in [-0.05, 0) is 26.8 Å². The van der Waals surface area contributed by atoms with E-state index in [1.165, 1.54) is 6.33 Å². The molecule has 8 heteroatoms. The second kappa shape index (κ2) is 5.94. The van der Waals surface area contributed by atoms with Gasteiger partial charge in [0.05, 0.1) is 18.5 Å². The van der Waals surface area contributed by atoms with Crippen LogP contribution in [0.3, 0.4) is 0 Å². The average molecular weight is 346 g/mol. The Hall–Kier alpha value is -1.77. The number of aromatic nitrogens is 4. The molecular formula is C16H24N5O2Si. The molecule has 0 aliphatic carbocycles. The van der Waals surface area contributed by atoms with Crippen LogP contribution in [-0.4, -0.2) is 46.6 Å². The zero-order chi connectivity index (χ0) is 17.5. The highest BCUT2D eigenvalue weighted by Crippen LogP contribution is 2.34. The van der Waals surface area contributed by atoms with Gasteiger partial charge >= 0.3 is 0 Å². The van der Waals surface area contributed by atoms with Gasteiger partial charge in [0.2, 0.25) is 0 Å². The van der Waals surface area contributed by atoms with Gasteiger partial charge in [0.25, 0.3) is 0 Å². The number of fused-ring (bicyclic) bond motifs is 1. The molecule has 0 amide bonds. The summed E-state index contributed by atoms with van der Waals surface area (Å²) in [6.07, 6.45) is 7.28. The molecule has 2 aromatic heterocycles. The van der Waals surface area contributed by atoms with Gasteiger partial charge in [0.15, 0.2) is 11.5 Å². The molecule has 0 fully saturated rings. The van der Waals surface area contributed by atoms with Crippen LogP contribution in [0.15, 0.2) is 24.8 Å². The fourth-order valence-corrected chi connectivity index (χ4v) is 4.19. The molecular weight excluding hydrogens is 322 g/mol. The van der Waals surface area contributed by atoms with Crippen molar-refractivity contribution in [3.63, 3.8) is 0 Å². The second-order valence-electron chi connectivity index (χ2n) is 7.18. The summed E-state index contributed by atoms with van der Waals surface area (Å²) in [4.78, 5) is 12.8. The minimum absolute atomic E-state index is 0.0965. The molecule has 1 radical (unpaired) electrons. The number of nitrogens with zero attached hydrogens (tertiary/aromatic N) is 4. The predicted octanol–water partition coefficient (Wildman–Crippen LogP) is 2.12. The Labute approximate surface area is 143 Å². The van der Waals surface area contributed by atoms with Crippen molar-refractivity contribution in [3.05, 3.63) is 24.8 Å². The molecule has 129 valence electrons. The van der Waals surface area contributed by atoms with Crippen LogP contribution >= 0.6 is 0 Å². The van der Waals surface area contributed by atoms with Crippen molar-refractivity contribution in [1.82, 2.24) is 19.5 Å². The van der Waals surface area contributed by atoms with E-state index in [0.29, 0.717) is 23.6 Å². The van der Waals surface area contributed by atoms with Gasteiger partial charge in [-0.15, -0.1) is 0 Å². The molecule has 2 N–H and O–H groups in total. The van der Waals surface area contributed by atoms with Gasteiger partial charge < -0.3 is 15.2 Å². The summed E-state index contributed by atoms with van der Waals surface area (Å²) in [5.41, 5.74) is 7.01. The molecule has 0 unspecified atom stereocenters. The van der Waals surface area contributed by atoms with Crippen molar-refractivity contribution in [2.75, 3.05) is 12.3 Å². The number of hydrogen-bond acceptors (Lipinski definition) is 6. The van der Waals surface area contributed by atoms with Gasteiger partial charge in [0, 0.05) is 0 Å². The minimum Gasteiger partial charge on any atom is -0.382 e. The van der Waals surface area contributed by atoms with Gasteiger partial charge in [-0.25, -0.2) is 15.0 Å². The molecule has 1 aliphatic rings. The SMILES string of the molecule is C[Si](C)[C@]1(n2cnc3c(N)ncnc32)C=C[C@@H](COC(C)(C)C)O1. The number of hydrogen-bond donors (Lipinski definition) is 1. The van der Waals surface area contributed by atoms with E-state index in [0.717, 1.165) is 0 Å². The van der Waals surface area contributed by atoms with E-state index < -0.39 is 14.1 Å². The first-order valence-electron chi connectivity index (χ1n) is 7.99. The van der Waals surface area contributed by atoms with Gasteiger partial charge in [0.1, 0.15) is 32.1 Å². The summed E-state index contributed by atoms with van der Waals surface area (Å²) < 4.78 is 14.3. The molecule has 0 aromatic carbocycles. The van der Waals surface area contributed by atoms with Crippen molar-refractivity contribution in [2.24, 2.45) is 0 Å². The maximum atomic E-state index is 6.43. The van der Waals surface area contributed by atoms with E-state index in [2.05, 4.69) is 40.2 Å². The lowest BCUT2D eigenvalue weighted by molar-refractivity contribution is -0.0898. The van der Waals surface area contributed by atoms with Gasteiger partial charge in [-0.2, -0.15) is 0 Å². The molecule has 7 nitrogen and oxygen atoms in total. The van der Waals surface area contributed by atoms with Crippen molar-refractivity contribution < 1.29 is 9.47 Å². The molecule has 0 saturated heterocycles. The molecule has 24 heavy (non-hydrogen) atoms. The molecule has 0 spiro atoms. The lowest BCUT2D eigenvalue weighted by atomic mass is 10.2. The van der Waals surface area contributed by atoms with Crippen molar-refractivity contribution in [2.45, 2.75) is 50.9 Å². The normalized spacial score (nSPS) is 24.3. The summed E-state index contributed by atoms with van der Waals surface area (Å²) >= 11 is 0. The largest absolute Gasteiger partial charge is 0.382 e. The lowest BCUT2D eigenvalue weighted by Crippen LogP contribution is -2.45. The Morgan fingerprint density at radius 3 is 2.75 bits per heavy atom. The summed E-state index contributed by atoms with van der Waals surface area (Å²) in [6, 6.07) is 0. The van der Waals surface area contributed by atoms with E-state index in [1.807, 2.05) is 25.3 Å². The second-order valence-corrected chi connectivity index (χ2v) is 9.90. The maximum Gasteiger partial charge on any atom is 0.167 e. The van der Waals surface area contributed by atoms with Crippen LogP contribution in [0.5, 0.6) is 0 Å². The first kappa shape index (κ1) is 17.1. The first-order chi connectivity index (χ1) is 11.2. The summed E-state index contributed by atoms with van der Waals surface area (Å²) in [6.45, 7) is 11.0. The number of imidazole rings is 1. The number of ether oxygens (including phenoxy) is 2. The summed E-state index contributed by atoms with van der Waals surface area (Å²) in [7, 11) is -0.925. The van der Waals surface area contributed by atoms with Crippen molar-refractivity contribution in [1.29, 1.82) is 0 Å². The number of nitrogen functional groups attached to an aromatic ring is 1. The van der Waals surface area contributed by atoms with Crippen LogP contribution in [0, 0.1) is 0 Å². The lowest BCUT2D eigenvalue weighted by Gasteiger charge is -2.34. The average Bonchev–Trinajstić information content (AvgIpc) is 3.09. The highest BCUT2D eigenvalue weighted by Gasteiger charge is 2.42.